The van der Waals surface area contributed by atoms with Crippen molar-refractivity contribution >= 4 is 11.8 Å². The van der Waals surface area contributed by atoms with Gasteiger partial charge in [0.2, 0.25) is 0 Å². The molecule has 1 aromatic carbocycles. The summed E-state index contributed by atoms with van der Waals surface area (Å²) in [6, 6.07) is 1.95. The molecule has 1 aromatic rings. The van der Waals surface area contributed by atoms with Gasteiger partial charge in [0.05, 0.1) is 11.2 Å². The average molecular weight is 336 g/mol. The van der Waals surface area contributed by atoms with Crippen LogP contribution in [-0.4, -0.2) is 44.4 Å². The average Bonchev–Trinajstić information content (AvgIpc) is 2.52. The number of aliphatic hydroxyl groups is 1. The van der Waals surface area contributed by atoms with Gasteiger partial charge in [-0.25, -0.2) is 4.79 Å². The number of phenolic OH excluding ortho intramolecular Hbond substituents is 3. The molecule has 0 spiro atoms. The number of phenols is 3. The number of ether oxygens (including phenoxy) is 1. The smallest absolute Gasteiger partial charge is 0.338 e. The molecule has 0 radical (unpaired) electrons. The fourth-order valence-electron chi connectivity index (χ4n) is 4.03. The Morgan fingerprint density at radius 2 is 1.88 bits per heavy atom. The number of ketones is 1. The lowest BCUT2D eigenvalue weighted by molar-refractivity contribution is -0.258. The SMILES string of the molecule is C[C@H]1CC(=O)[C@H]2C[C@]1(O)[C@]2(C)COC(=O)c1cc(O)c(O)c(O)c1. The highest BCUT2D eigenvalue weighted by Crippen LogP contribution is 2.62. The van der Waals surface area contributed by atoms with Crippen LogP contribution in [-0.2, 0) is 9.53 Å². The molecule has 0 aliphatic heterocycles. The summed E-state index contributed by atoms with van der Waals surface area (Å²) < 4.78 is 5.23. The summed E-state index contributed by atoms with van der Waals surface area (Å²) >= 11 is 0. The first kappa shape index (κ1) is 16.6. The number of hydrogen-bond donors (Lipinski definition) is 4. The Labute approximate surface area is 138 Å². The van der Waals surface area contributed by atoms with E-state index in [0.717, 1.165) is 12.1 Å². The Balaban J connectivity index is 1.76. The molecule has 4 atom stereocenters. The molecule has 0 heterocycles. The molecule has 4 N–H and O–H groups in total. The van der Waals surface area contributed by atoms with Crippen LogP contribution in [0, 0.1) is 17.3 Å². The summed E-state index contributed by atoms with van der Waals surface area (Å²) in [5.74, 6) is -3.31. The van der Waals surface area contributed by atoms with Crippen molar-refractivity contribution < 1.29 is 34.8 Å². The minimum absolute atomic E-state index is 0.0666. The summed E-state index contributed by atoms with van der Waals surface area (Å²) in [5, 5.41) is 39.0. The van der Waals surface area contributed by atoms with Crippen molar-refractivity contribution in [1.29, 1.82) is 0 Å². The number of benzene rings is 1. The fraction of sp³-hybridized carbons (Fsp3) is 0.529. The van der Waals surface area contributed by atoms with Crippen molar-refractivity contribution in [1.82, 2.24) is 0 Å². The Morgan fingerprint density at radius 3 is 2.42 bits per heavy atom. The van der Waals surface area contributed by atoms with Crippen LogP contribution in [0.3, 0.4) is 0 Å². The molecule has 0 amide bonds. The second kappa shape index (κ2) is 5.11. The van der Waals surface area contributed by atoms with Crippen LogP contribution in [0.5, 0.6) is 17.2 Å². The van der Waals surface area contributed by atoms with Gasteiger partial charge < -0.3 is 25.2 Å². The van der Waals surface area contributed by atoms with Gasteiger partial charge in [-0.1, -0.05) is 13.8 Å². The van der Waals surface area contributed by atoms with Gasteiger partial charge in [0, 0.05) is 17.8 Å². The number of Topliss-reactive ketones (excluding diaryl/α,β-unsaturated/α-hetero) is 1. The lowest BCUT2D eigenvalue weighted by atomic mass is 9.42. The molecule has 3 fully saturated rings. The van der Waals surface area contributed by atoms with E-state index in [4.69, 9.17) is 4.74 Å². The summed E-state index contributed by atoms with van der Waals surface area (Å²) in [6.07, 6.45) is 0.701. The van der Waals surface area contributed by atoms with Gasteiger partial charge in [-0.15, -0.1) is 0 Å². The molecule has 0 unspecified atom stereocenters. The van der Waals surface area contributed by atoms with E-state index in [1.807, 2.05) is 6.92 Å². The van der Waals surface area contributed by atoms with Gasteiger partial charge >= 0.3 is 5.97 Å². The van der Waals surface area contributed by atoms with Gasteiger partial charge in [-0.3, -0.25) is 4.79 Å². The van der Waals surface area contributed by atoms with Gasteiger partial charge in [0.15, 0.2) is 17.2 Å². The molecule has 3 aliphatic rings. The lowest BCUT2D eigenvalue weighted by Gasteiger charge is -2.64. The predicted molar refractivity (Wildman–Crippen MR) is 81.7 cm³/mol. The van der Waals surface area contributed by atoms with Gasteiger partial charge in [0.1, 0.15) is 12.4 Å². The first-order chi connectivity index (χ1) is 11.1. The molecule has 0 aromatic heterocycles. The number of aromatic hydroxyl groups is 3. The van der Waals surface area contributed by atoms with Crippen molar-refractivity contribution in [2.24, 2.45) is 17.3 Å². The molecule has 3 saturated carbocycles. The van der Waals surface area contributed by atoms with Crippen LogP contribution in [0.4, 0.5) is 0 Å². The Hall–Kier alpha value is -2.28. The van der Waals surface area contributed by atoms with Crippen molar-refractivity contribution in [2.75, 3.05) is 6.61 Å². The molecular weight excluding hydrogens is 316 g/mol. The Bertz CT molecular complexity index is 705. The zero-order valence-corrected chi connectivity index (χ0v) is 13.4. The predicted octanol–water partition coefficient (Wildman–Crippen LogP) is 1.33. The maximum atomic E-state index is 12.1. The third-order valence-electron chi connectivity index (χ3n) is 5.79. The third-order valence-corrected chi connectivity index (χ3v) is 5.79. The normalized spacial score (nSPS) is 34.5. The van der Waals surface area contributed by atoms with Crippen LogP contribution in [0.2, 0.25) is 0 Å². The van der Waals surface area contributed by atoms with E-state index < -0.39 is 34.2 Å². The van der Waals surface area contributed by atoms with E-state index in [2.05, 4.69) is 0 Å². The summed E-state index contributed by atoms with van der Waals surface area (Å²) in [7, 11) is 0. The van der Waals surface area contributed by atoms with Crippen LogP contribution >= 0.6 is 0 Å². The lowest BCUT2D eigenvalue weighted by Crippen LogP contribution is -2.72. The van der Waals surface area contributed by atoms with E-state index in [0.29, 0.717) is 12.8 Å². The van der Waals surface area contributed by atoms with E-state index >= 15 is 0 Å². The number of esters is 1. The molecular formula is C17H20O7. The van der Waals surface area contributed by atoms with Gasteiger partial charge in [-0.2, -0.15) is 0 Å². The van der Waals surface area contributed by atoms with Crippen LogP contribution in [0.1, 0.15) is 37.0 Å². The number of carbonyl (C=O) groups excluding carboxylic acids is 2. The first-order valence-electron chi connectivity index (χ1n) is 7.77. The number of carbonyl (C=O) groups is 2. The van der Waals surface area contributed by atoms with E-state index in [9.17, 15) is 30.0 Å². The summed E-state index contributed by atoms with van der Waals surface area (Å²) in [5.41, 5.74) is -2.04. The second-order valence-electron chi connectivity index (χ2n) is 7.11. The highest BCUT2D eigenvalue weighted by molar-refractivity contribution is 5.91. The fourth-order valence-corrected chi connectivity index (χ4v) is 4.03. The maximum Gasteiger partial charge on any atom is 0.338 e. The number of rotatable bonds is 3. The van der Waals surface area contributed by atoms with Crippen LogP contribution in [0.15, 0.2) is 12.1 Å². The maximum absolute atomic E-state index is 12.1. The Morgan fingerprint density at radius 1 is 1.29 bits per heavy atom. The highest BCUT2D eigenvalue weighted by atomic mass is 16.5. The topological polar surface area (TPSA) is 124 Å². The first-order valence-corrected chi connectivity index (χ1v) is 7.77. The van der Waals surface area contributed by atoms with Gasteiger partial charge in [0.25, 0.3) is 0 Å². The monoisotopic (exact) mass is 336 g/mol. The molecule has 3 aliphatic carbocycles. The van der Waals surface area contributed by atoms with Crippen LogP contribution in [0.25, 0.3) is 0 Å². The second-order valence-corrected chi connectivity index (χ2v) is 7.11. The van der Waals surface area contributed by atoms with Crippen molar-refractivity contribution in [3.05, 3.63) is 17.7 Å². The largest absolute Gasteiger partial charge is 0.504 e. The quantitative estimate of drug-likeness (QED) is 0.485. The summed E-state index contributed by atoms with van der Waals surface area (Å²) in [6.45, 7) is 3.39. The molecule has 2 bridgehead atoms. The van der Waals surface area contributed by atoms with E-state index in [-0.39, 0.29) is 29.8 Å². The highest BCUT2D eigenvalue weighted by Gasteiger charge is 2.70. The molecule has 130 valence electrons. The van der Waals surface area contributed by atoms with Crippen molar-refractivity contribution in [3.8, 4) is 17.2 Å². The zero-order chi connectivity index (χ0) is 17.9. The van der Waals surface area contributed by atoms with Crippen molar-refractivity contribution in [2.45, 2.75) is 32.3 Å². The van der Waals surface area contributed by atoms with Crippen LogP contribution < -0.4 is 0 Å². The molecule has 7 heteroatoms. The van der Waals surface area contributed by atoms with Gasteiger partial charge in [-0.05, 0) is 24.5 Å². The number of fused-ring (bicyclic) bond motifs is 2. The molecule has 4 rings (SSSR count). The van der Waals surface area contributed by atoms with E-state index in [1.54, 1.807) is 6.92 Å². The molecule has 7 nitrogen and oxygen atoms in total. The Kier molecular flexibility index (Phi) is 3.53. The number of hydrogen-bond acceptors (Lipinski definition) is 7. The third kappa shape index (κ3) is 2.07. The zero-order valence-electron chi connectivity index (χ0n) is 13.4. The molecule has 0 saturated heterocycles. The van der Waals surface area contributed by atoms with E-state index in [1.165, 1.54) is 0 Å². The summed E-state index contributed by atoms with van der Waals surface area (Å²) in [4.78, 5) is 24.2. The standard InChI is InChI=1S/C17H20O7/c1-8-3-11(18)10-6-17(8,23)16(10,2)7-24-15(22)9-4-12(19)14(21)13(20)5-9/h4-5,8,10,19-21,23H,3,6-7H2,1-2H3/t8-,10+,16+,17+/m0/s1. The molecule has 24 heavy (non-hydrogen) atoms. The minimum atomic E-state index is -1.05. The minimum Gasteiger partial charge on any atom is -0.504 e. The van der Waals surface area contributed by atoms with Crippen molar-refractivity contribution in [3.63, 3.8) is 0 Å².